The van der Waals surface area contributed by atoms with E-state index in [0.29, 0.717) is 19.0 Å². The summed E-state index contributed by atoms with van der Waals surface area (Å²) in [6, 6.07) is -0.145. The smallest absolute Gasteiger partial charge is 0.326 e. The molecule has 2 aliphatic rings. The minimum Gasteiger partial charge on any atom is -0.480 e. The lowest BCUT2D eigenvalue weighted by Gasteiger charge is -2.38. The molecule has 2 rings (SSSR count). The lowest BCUT2D eigenvalue weighted by Crippen LogP contribution is -2.57. The fraction of sp³-hybridized carbons (Fsp3) is 0.833. The van der Waals surface area contributed by atoms with Gasteiger partial charge in [0.1, 0.15) is 6.04 Å². The monoisotopic (exact) mass is 240 g/mol. The van der Waals surface area contributed by atoms with Crippen LogP contribution in [-0.2, 0) is 9.59 Å². The second-order valence-electron chi connectivity index (χ2n) is 4.95. The average Bonchev–Trinajstić information content (AvgIpc) is 2.25. The van der Waals surface area contributed by atoms with E-state index in [0.717, 1.165) is 12.8 Å². The number of likely N-dealkylation sites (tertiary alicyclic amines) is 1. The summed E-state index contributed by atoms with van der Waals surface area (Å²) in [4.78, 5) is 24.0. The molecule has 0 aromatic carbocycles. The van der Waals surface area contributed by atoms with Crippen LogP contribution in [0, 0.1) is 0 Å². The molecule has 1 atom stereocenters. The van der Waals surface area contributed by atoms with Crippen molar-refractivity contribution < 1.29 is 14.7 Å². The van der Waals surface area contributed by atoms with Crippen LogP contribution in [0.15, 0.2) is 0 Å². The van der Waals surface area contributed by atoms with Gasteiger partial charge in [-0.2, -0.15) is 0 Å². The first-order valence-corrected chi connectivity index (χ1v) is 6.44. The Hall–Kier alpha value is -1.10. The second-order valence-corrected chi connectivity index (χ2v) is 4.95. The molecule has 0 bridgehead atoms. The highest BCUT2D eigenvalue weighted by molar-refractivity contribution is 5.86. The largest absolute Gasteiger partial charge is 0.480 e. The Morgan fingerprint density at radius 2 is 1.88 bits per heavy atom. The van der Waals surface area contributed by atoms with Gasteiger partial charge in [0.05, 0.1) is 6.54 Å². The maximum atomic E-state index is 11.8. The van der Waals surface area contributed by atoms with Crippen LogP contribution in [0.4, 0.5) is 0 Å². The molecule has 0 aromatic rings. The normalized spacial score (nSPS) is 25.4. The van der Waals surface area contributed by atoms with Gasteiger partial charge in [0, 0.05) is 12.6 Å². The maximum absolute atomic E-state index is 11.8. The van der Waals surface area contributed by atoms with Crippen LogP contribution in [0.3, 0.4) is 0 Å². The topological polar surface area (TPSA) is 69.6 Å². The highest BCUT2D eigenvalue weighted by Crippen LogP contribution is 2.19. The summed E-state index contributed by atoms with van der Waals surface area (Å²) in [6.45, 7) is 0.872. The van der Waals surface area contributed by atoms with E-state index in [2.05, 4.69) is 5.32 Å². The Bertz CT molecular complexity index is 300. The summed E-state index contributed by atoms with van der Waals surface area (Å²) < 4.78 is 0. The van der Waals surface area contributed by atoms with Crippen molar-refractivity contribution in [3.8, 4) is 0 Å². The Balaban J connectivity index is 1.71. The molecular weight excluding hydrogens is 220 g/mol. The van der Waals surface area contributed by atoms with E-state index in [1.54, 1.807) is 0 Å². The van der Waals surface area contributed by atoms with Crippen molar-refractivity contribution in [3.63, 3.8) is 0 Å². The van der Waals surface area contributed by atoms with Crippen molar-refractivity contribution in [2.24, 2.45) is 0 Å². The average molecular weight is 240 g/mol. The third-order valence-corrected chi connectivity index (χ3v) is 3.77. The molecule has 1 unspecified atom stereocenters. The van der Waals surface area contributed by atoms with Crippen LogP contribution in [0.25, 0.3) is 0 Å². The maximum Gasteiger partial charge on any atom is 0.326 e. The molecule has 5 nitrogen and oxygen atoms in total. The highest BCUT2D eigenvalue weighted by Gasteiger charge is 2.37. The highest BCUT2D eigenvalue weighted by atomic mass is 16.4. The molecule has 1 aliphatic heterocycles. The zero-order chi connectivity index (χ0) is 12.3. The molecule has 1 aliphatic carbocycles. The van der Waals surface area contributed by atoms with Crippen molar-refractivity contribution in [3.05, 3.63) is 0 Å². The van der Waals surface area contributed by atoms with Gasteiger partial charge in [-0.1, -0.05) is 19.3 Å². The predicted molar refractivity (Wildman–Crippen MR) is 62.6 cm³/mol. The zero-order valence-electron chi connectivity index (χ0n) is 10.0. The lowest BCUT2D eigenvalue weighted by atomic mass is 9.95. The number of hydrogen-bond donors (Lipinski definition) is 2. The Kier molecular flexibility index (Phi) is 3.99. The van der Waals surface area contributed by atoms with Crippen LogP contribution in [0.1, 0.15) is 38.5 Å². The molecule has 2 N–H and O–H groups in total. The van der Waals surface area contributed by atoms with Crippen molar-refractivity contribution >= 4 is 11.9 Å². The third-order valence-electron chi connectivity index (χ3n) is 3.77. The zero-order valence-corrected chi connectivity index (χ0v) is 10.0. The quantitative estimate of drug-likeness (QED) is 0.754. The van der Waals surface area contributed by atoms with Crippen LogP contribution >= 0.6 is 0 Å². The molecular formula is C12H20N2O3. The molecule has 0 aromatic heterocycles. The lowest BCUT2D eigenvalue weighted by molar-refractivity contribution is -0.156. The Morgan fingerprint density at radius 1 is 1.18 bits per heavy atom. The van der Waals surface area contributed by atoms with E-state index < -0.39 is 12.0 Å². The molecule has 17 heavy (non-hydrogen) atoms. The number of nitrogens with zero attached hydrogens (tertiary/aromatic N) is 1. The number of aliphatic carboxylic acids is 1. The summed E-state index contributed by atoms with van der Waals surface area (Å²) in [6.07, 6.45) is 6.61. The Labute approximate surface area is 101 Å². The number of carboxylic acid groups (broad SMARTS) is 1. The van der Waals surface area contributed by atoms with Crippen molar-refractivity contribution in [2.45, 2.75) is 50.6 Å². The van der Waals surface area contributed by atoms with E-state index in [9.17, 15) is 9.59 Å². The number of amides is 1. The predicted octanol–water partition coefficient (Wildman–Crippen LogP) is 0.594. The third kappa shape index (κ3) is 2.97. The van der Waals surface area contributed by atoms with E-state index in [1.807, 2.05) is 0 Å². The van der Waals surface area contributed by atoms with Gasteiger partial charge in [0.25, 0.3) is 0 Å². The van der Waals surface area contributed by atoms with E-state index >= 15 is 0 Å². The van der Waals surface area contributed by atoms with Crippen molar-refractivity contribution in [1.29, 1.82) is 0 Å². The van der Waals surface area contributed by atoms with Gasteiger partial charge in [-0.05, 0) is 19.3 Å². The standard InChI is InChI=1S/C12H20N2O3/c15-11(14-7-6-10(14)12(16)17)8-13-9-4-2-1-3-5-9/h9-10,13H,1-8H2,(H,16,17). The molecule has 2 fully saturated rings. The van der Waals surface area contributed by atoms with Crippen LogP contribution in [-0.4, -0.2) is 47.1 Å². The van der Waals surface area contributed by atoms with Gasteiger partial charge in [-0.15, -0.1) is 0 Å². The van der Waals surface area contributed by atoms with Crippen LogP contribution in [0.2, 0.25) is 0 Å². The number of carbonyl (C=O) groups excluding carboxylic acids is 1. The van der Waals surface area contributed by atoms with Crippen LogP contribution < -0.4 is 5.32 Å². The van der Waals surface area contributed by atoms with Gasteiger partial charge in [-0.3, -0.25) is 4.79 Å². The van der Waals surface area contributed by atoms with E-state index in [4.69, 9.17) is 5.11 Å². The summed E-state index contributed by atoms with van der Waals surface area (Å²) in [5.41, 5.74) is 0. The van der Waals surface area contributed by atoms with Crippen molar-refractivity contribution in [1.82, 2.24) is 10.2 Å². The molecule has 1 amide bonds. The van der Waals surface area contributed by atoms with E-state index in [1.165, 1.54) is 24.2 Å². The molecule has 5 heteroatoms. The fourth-order valence-corrected chi connectivity index (χ4v) is 2.58. The Morgan fingerprint density at radius 3 is 2.41 bits per heavy atom. The SMILES string of the molecule is O=C(O)C1CCN1C(=O)CNC1CCCCC1. The summed E-state index contributed by atoms with van der Waals surface area (Å²) in [7, 11) is 0. The minimum atomic E-state index is -0.887. The minimum absolute atomic E-state index is 0.0748. The molecule has 1 saturated carbocycles. The van der Waals surface area contributed by atoms with E-state index in [-0.39, 0.29) is 12.5 Å². The molecule has 1 saturated heterocycles. The fourth-order valence-electron chi connectivity index (χ4n) is 2.58. The summed E-state index contributed by atoms with van der Waals surface area (Å²) in [5.74, 6) is -0.962. The second kappa shape index (κ2) is 5.49. The number of nitrogens with one attached hydrogen (secondary N) is 1. The molecule has 1 heterocycles. The summed E-state index contributed by atoms with van der Waals surface area (Å²) in [5, 5.41) is 12.1. The van der Waals surface area contributed by atoms with Gasteiger partial charge in [0.2, 0.25) is 5.91 Å². The summed E-state index contributed by atoms with van der Waals surface area (Å²) >= 11 is 0. The molecule has 0 radical (unpaired) electrons. The number of carboxylic acids is 1. The number of carbonyl (C=O) groups is 2. The van der Waals surface area contributed by atoms with Gasteiger partial charge < -0.3 is 15.3 Å². The van der Waals surface area contributed by atoms with Crippen molar-refractivity contribution in [2.75, 3.05) is 13.1 Å². The van der Waals surface area contributed by atoms with Crippen LogP contribution in [0.5, 0.6) is 0 Å². The first-order valence-electron chi connectivity index (χ1n) is 6.44. The molecule has 0 spiro atoms. The van der Waals surface area contributed by atoms with Gasteiger partial charge in [-0.25, -0.2) is 4.79 Å². The van der Waals surface area contributed by atoms with Gasteiger partial charge in [0.15, 0.2) is 0 Å². The first kappa shape index (κ1) is 12.4. The molecule has 96 valence electrons. The number of rotatable bonds is 4. The van der Waals surface area contributed by atoms with Gasteiger partial charge >= 0.3 is 5.97 Å². The number of hydrogen-bond acceptors (Lipinski definition) is 3. The first-order chi connectivity index (χ1) is 8.18.